The average Bonchev–Trinajstić information content (AvgIpc) is 2.95. The van der Waals surface area contributed by atoms with Crippen LogP contribution in [0.5, 0.6) is 5.75 Å². The van der Waals surface area contributed by atoms with Crippen molar-refractivity contribution in [3.8, 4) is 5.75 Å². The maximum Gasteiger partial charge on any atom is 0.415 e. The molecule has 0 spiro atoms. The van der Waals surface area contributed by atoms with Crippen molar-refractivity contribution < 1.29 is 14.6 Å². The SMILES string of the molecule is O=C(OC1C=CC=CC1)N1Cc2ccccc2C(c2ccccc2O)c2ccccc21. The number of hydrogen-bond acceptors (Lipinski definition) is 3. The summed E-state index contributed by atoms with van der Waals surface area (Å²) in [4.78, 5) is 15.0. The minimum absolute atomic E-state index is 0.191. The van der Waals surface area contributed by atoms with Crippen molar-refractivity contribution in [3.63, 3.8) is 0 Å². The molecule has 2 atom stereocenters. The van der Waals surface area contributed by atoms with Gasteiger partial charge in [-0.3, -0.25) is 4.90 Å². The molecule has 1 amide bonds. The van der Waals surface area contributed by atoms with Gasteiger partial charge in [-0.25, -0.2) is 4.79 Å². The summed E-state index contributed by atoms with van der Waals surface area (Å²) in [5.41, 5.74) is 4.69. The van der Waals surface area contributed by atoms with E-state index in [1.165, 1.54) is 0 Å². The van der Waals surface area contributed by atoms with Gasteiger partial charge < -0.3 is 9.84 Å². The number of carbonyl (C=O) groups excluding carboxylic acids is 1. The van der Waals surface area contributed by atoms with E-state index in [1.54, 1.807) is 11.0 Å². The van der Waals surface area contributed by atoms with Crippen LogP contribution in [0.15, 0.2) is 97.1 Å². The van der Waals surface area contributed by atoms with E-state index in [1.807, 2.05) is 85.0 Å². The molecule has 1 heterocycles. The van der Waals surface area contributed by atoms with Crippen molar-refractivity contribution >= 4 is 11.8 Å². The molecule has 3 aromatic carbocycles. The lowest BCUT2D eigenvalue weighted by Crippen LogP contribution is -2.33. The predicted molar refractivity (Wildman–Crippen MR) is 121 cm³/mol. The molecule has 1 N–H and O–H groups in total. The number of aromatic hydroxyl groups is 1. The summed E-state index contributed by atoms with van der Waals surface area (Å²) in [6, 6.07) is 23.4. The van der Waals surface area contributed by atoms with Crippen LogP contribution in [0, 0.1) is 0 Å². The first kappa shape index (κ1) is 19.2. The quantitative estimate of drug-likeness (QED) is 0.572. The standard InChI is InChI=1S/C27H23NO3/c29-25-17-9-7-15-23(25)26-21-13-5-4-10-19(21)18-28(24-16-8-6-14-22(24)26)27(30)31-20-11-2-1-3-12-20/h1-11,13-17,20,26,29H,12,18H2. The molecule has 2 unspecified atom stereocenters. The van der Waals surface area contributed by atoms with Crippen LogP contribution >= 0.6 is 0 Å². The lowest BCUT2D eigenvalue weighted by Gasteiger charge is -2.26. The fraction of sp³-hybridized carbons (Fsp3) is 0.148. The normalized spacial score (nSPS) is 19.3. The topological polar surface area (TPSA) is 49.8 Å². The van der Waals surface area contributed by atoms with Gasteiger partial charge in [-0.2, -0.15) is 0 Å². The number of carbonyl (C=O) groups is 1. The molecule has 4 nitrogen and oxygen atoms in total. The van der Waals surface area contributed by atoms with Gasteiger partial charge in [-0.05, 0) is 34.9 Å². The van der Waals surface area contributed by atoms with Crippen LogP contribution in [0.4, 0.5) is 10.5 Å². The first-order valence-electron chi connectivity index (χ1n) is 10.5. The molecule has 154 valence electrons. The van der Waals surface area contributed by atoms with Gasteiger partial charge in [0.1, 0.15) is 11.9 Å². The summed E-state index contributed by atoms with van der Waals surface area (Å²) in [5.74, 6) is 0.0520. The van der Waals surface area contributed by atoms with Gasteiger partial charge in [-0.15, -0.1) is 0 Å². The van der Waals surface area contributed by atoms with Crippen LogP contribution in [0.2, 0.25) is 0 Å². The van der Waals surface area contributed by atoms with Gasteiger partial charge in [0, 0.05) is 17.9 Å². The van der Waals surface area contributed by atoms with Gasteiger partial charge in [0.2, 0.25) is 0 Å². The second-order valence-electron chi connectivity index (χ2n) is 7.81. The van der Waals surface area contributed by atoms with Crippen molar-refractivity contribution in [2.24, 2.45) is 0 Å². The van der Waals surface area contributed by atoms with E-state index in [0.717, 1.165) is 27.9 Å². The van der Waals surface area contributed by atoms with E-state index >= 15 is 0 Å². The molecule has 3 aromatic rings. The van der Waals surface area contributed by atoms with E-state index in [2.05, 4.69) is 6.07 Å². The smallest absolute Gasteiger partial charge is 0.415 e. The van der Waals surface area contributed by atoms with Crippen molar-refractivity contribution in [1.29, 1.82) is 0 Å². The molecule has 0 radical (unpaired) electrons. The molecule has 0 saturated carbocycles. The molecule has 1 aliphatic carbocycles. The van der Waals surface area contributed by atoms with Crippen LogP contribution in [0.1, 0.15) is 34.6 Å². The number of nitrogens with zero attached hydrogens (tertiary/aromatic N) is 1. The molecule has 31 heavy (non-hydrogen) atoms. The third-order valence-corrected chi connectivity index (χ3v) is 5.89. The number of amides is 1. The molecule has 4 heteroatoms. The van der Waals surface area contributed by atoms with Crippen LogP contribution in [-0.4, -0.2) is 17.3 Å². The minimum Gasteiger partial charge on any atom is -0.508 e. The third kappa shape index (κ3) is 3.61. The van der Waals surface area contributed by atoms with Gasteiger partial charge in [-0.1, -0.05) is 78.9 Å². The van der Waals surface area contributed by atoms with Crippen LogP contribution < -0.4 is 4.90 Å². The number of ether oxygens (including phenoxy) is 1. The van der Waals surface area contributed by atoms with Crippen molar-refractivity contribution in [2.75, 3.05) is 4.90 Å². The molecule has 0 fully saturated rings. The number of benzene rings is 3. The lowest BCUT2D eigenvalue weighted by molar-refractivity contribution is 0.127. The Balaban J connectivity index is 1.63. The monoisotopic (exact) mass is 409 g/mol. The van der Waals surface area contributed by atoms with Crippen LogP contribution in [0.3, 0.4) is 0 Å². The Labute approximate surface area is 181 Å². The molecular weight excluding hydrogens is 386 g/mol. The molecule has 0 aromatic heterocycles. The Morgan fingerprint density at radius 2 is 1.58 bits per heavy atom. The largest absolute Gasteiger partial charge is 0.508 e. The Bertz CT molecular complexity index is 1180. The van der Waals surface area contributed by atoms with E-state index in [0.29, 0.717) is 13.0 Å². The highest BCUT2D eigenvalue weighted by Gasteiger charge is 2.33. The van der Waals surface area contributed by atoms with Gasteiger partial charge in [0.15, 0.2) is 0 Å². The lowest BCUT2D eigenvalue weighted by atomic mass is 9.82. The molecule has 5 rings (SSSR count). The zero-order valence-corrected chi connectivity index (χ0v) is 17.0. The Kier molecular flexibility index (Phi) is 5.04. The van der Waals surface area contributed by atoms with E-state index < -0.39 is 0 Å². The number of phenolic OH excluding ortho intramolecular Hbond substituents is 1. The maximum atomic E-state index is 13.3. The summed E-state index contributed by atoms with van der Waals surface area (Å²) in [5, 5.41) is 10.7. The van der Waals surface area contributed by atoms with Crippen LogP contribution in [-0.2, 0) is 11.3 Å². The fourth-order valence-electron chi connectivity index (χ4n) is 4.43. The Morgan fingerprint density at radius 3 is 2.35 bits per heavy atom. The summed E-state index contributed by atoms with van der Waals surface area (Å²) >= 11 is 0. The summed E-state index contributed by atoms with van der Waals surface area (Å²) in [7, 11) is 0. The Hall–Kier alpha value is -3.79. The second-order valence-corrected chi connectivity index (χ2v) is 7.81. The minimum atomic E-state index is -0.370. The number of anilines is 1. The highest BCUT2D eigenvalue weighted by Crippen LogP contribution is 2.44. The molecule has 1 aliphatic heterocycles. The number of hydrogen-bond donors (Lipinski definition) is 1. The second kappa shape index (κ2) is 8.15. The first-order valence-corrected chi connectivity index (χ1v) is 10.5. The van der Waals surface area contributed by atoms with Gasteiger partial charge in [0.05, 0.1) is 12.2 Å². The number of rotatable bonds is 2. The zero-order valence-electron chi connectivity index (χ0n) is 17.0. The van der Waals surface area contributed by atoms with E-state index in [4.69, 9.17) is 4.74 Å². The molecule has 0 bridgehead atoms. The fourth-order valence-corrected chi connectivity index (χ4v) is 4.43. The number of phenols is 1. The number of para-hydroxylation sites is 2. The van der Waals surface area contributed by atoms with Crippen molar-refractivity contribution in [2.45, 2.75) is 25.0 Å². The molecule has 0 saturated heterocycles. The average molecular weight is 409 g/mol. The van der Waals surface area contributed by atoms with Crippen LogP contribution in [0.25, 0.3) is 0 Å². The van der Waals surface area contributed by atoms with Gasteiger partial charge >= 0.3 is 6.09 Å². The maximum absolute atomic E-state index is 13.3. The predicted octanol–water partition coefficient (Wildman–Crippen LogP) is 5.91. The highest BCUT2D eigenvalue weighted by molar-refractivity contribution is 5.90. The Morgan fingerprint density at radius 1 is 0.871 bits per heavy atom. The summed E-state index contributed by atoms with van der Waals surface area (Å²) < 4.78 is 5.82. The van der Waals surface area contributed by atoms with Crippen molar-refractivity contribution in [3.05, 3.63) is 119 Å². The van der Waals surface area contributed by atoms with E-state index in [-0.39, 0.29) is 23.9 Å². The summed E-state index contributed by atoms with van der Waals surface area (Å²) in [6.07, 6.45) is 7.80. The number of fused-ring (bicyclic) bond motifs is 2. The molecular formula is C27H23NO3. The highest BCUT2D eigenvalue weighted by atomic mass is 16.6. The van der Waals surface area contributed by atoms with E-state index in [9.17, 15) is 9.90 Å². The molecule has 2 aliphatic rings. The third-order valence-electron chi connectivity index (χ3n) is 5.89. The van der Waals surface area contributed by atoms with Gasteiger partial charge in [0.25, 0.3) is 0 Å². The number of allylic oxidation sites excluding steroid dienone is 2. The first-order chi connectivity index (χ1) is 15.2. The van der Waals surface area contributed by atoms with Crippen molar-refractivity contribution in [1.82, 2.24) is 0 Å². The summed E-state index contributed by atoms with van der Waals surface area (Å²) in [6.45, 7) is 0.405. The zero-order chi connectivity index (χ0) is 21.2.